The number of anilines is 1. The lowest BCUT2D eigenvalue weighted by Gasteiger charge is -2.23. The van der Waals surface area contributed by atoms with Crippen LogP contribution >= 0.6 is 0 Å². The number of ether oxygens (including phenoxy) is 1. The quantitative estimate of drug-likeness (QED) is 0.902. The van der Waals surface area contributed by atoms with Gasteiger partial charge in [-0.05, 0) is 42.8 Å². The lowest BCUT2D eigenvalue weighted by atomic mass is 10.1. The number of benzene rings is 2. The molecule has 0 aromatic heterocycles. The van der Waals surface area contributed by atoms with Crippen LogP contribution in [-0.4, -0.2) is 29.1 Å². The second-order valence-corrected chi connectivity index (χ2v) is 5.83. The molecule has 136 valence electrons. The predicted octanol–water partition coefficient (Wildman–Crippen LogP) is 3.57. The third-order valence-electron chi connectivity index (χ3n) is 4.05. The number of hydrogen-bond acceptors (Lipinski definition) is 3. The van der Waals surface area contributed by atoms with E-state index in [0.29, 0.717) is 17.8 Å². The molecule has 5 nitrogen and oxygen atoms in total. The highest BCUT2D eigenvalue weighted by Crippen LogP contribution is 2.26. The highest BCUT2D eigenvalue weighted by molar-refractivity contribution is 6.03. The summed E-state index contributed by atoms with van der Waals surface area (Å²) in [5.74, 6) is -1.04. The summed E-state index contributed by atoms with van der Waals surface area (Å²) in [6, 6.07) is 11.2. The van der Waals surface area contributed by atoms with Crippen molar-refractivity contribution in [1.29, 1.82) is 0 Å². The van der Waals surface area contributed by atoms with E-state index in [1.807, 2.05) is 12.1 Å². The summed E-state index contributed by atoms with van der Waals surface area (Å²) < 4.78 is 40.2. The van der Waals surface area contributed by atoms with Crippen molar-refractivity contribution in [2.45, 2.75) is 25.9 Å². The molecule has 0 saturated heterocycles. The molecular weight excluding hydrogens is 349 g/mol. The van der Waals surface area contributed by atoms with Gasteiger partial charge in [0.2, 0.25) is 5.91 Å². The van der Waals surface area contributed by atoms with Crippen molar-refractivity contribution in [1.82, 2.24) is 4.90 Å². The van der Waals surface area contributed by atoms with Crippen LogP contribution in [0, 0.1) is 0 Å². The summed E-state index contributed by atoms with van der Waals surface area (Å²) in [5.41, 5.74) is 1.73. The largest absolute Gasteiger partial charge is 0.573 e. The first-order chi connectivity index (χ1) is 12.2. The number of nitrogens with one attached hydrogen (secondary N) is 1. The first kappa shape index (κ1) is 17.8. The fourth-order valence-electron chi connectivity index (χ4n) is 2.72. The lowest BCUT2D eigenvalue weighted by molar-refractivity contribution is -0.274. The molecule has 1 N–H and O–H groups in total. The fourth-order valence-corrected chi connectivity index (χ4v) is 2.72. The fraction of sp³-hybridized carbons (Fsp3) is 0.222. The van der Waals surface area contributed by atoms with Crippen molar-refractivity contribution in [3.63, 3.8) is 0 Å². The minimum atomic E-state index is -4.77. The number of carbonyl (C=O) groups excluding carboxylic acids is 2. The van der Waals surface area contributed by atoms with Crippen molar-refractivity contribution in [2.24, 2.45) is 0 Å². The van der Waals surface area contributed by atoms with Gasteiger partial charge in [-0.15, -0.1) is 13.2 Å². The van der Waals surface area contributed by atoms with E-state index in [-0.39, 0.29) is 11.7 Å². The van der Waals surface area contributed by atoms with Gasteiger partial charge in [0.1, 0.15) is 11.8 Å². The molecule has 3 rings (SSSR count). The molecular formula is C18H15F3N2O3. The Morgan fingerprint density at radius 1 is 1.15 bits per heavy atom. The van der Waals surface area contributed by atoms with E-state index in [4.69, 9.17) is 0 Å². The molecule has 0 saturated carbocycles. The molecule has 0 radical (unpaired) electrons. The topological polar surface area (TPSA) is 58.6 Å². The average Bonchev–Trinajstić information content (AvgIpc) is 2.92. The Morgan fingerprint density at radius 3 is 2.42 bits per heavy atom. The van der Waals surface area contributed by atoms with Gasteiger partial charge in [0.25, 0.3) is 5.91 Å². The monoisotopic (exact) mass is 364 g/mol. The molecule has 26 heavy (non-hydrogen) atoms. The van der Waals surface area contributed by atoms with Crippen molar-refractivity contribution in [3.8, 4) is 5.75 Å². The molecule has 1 aliphatic heterocycles. The number of rotatable bonds is 4. The number of amides is 2. The summed E-state index contributed by atoms with van der Waals surface area (Å²) in [5, 5.41) is 2.59. The van der Waals surface area contributed by atoms with E-state index in [9.17, 15) is 22.8 Å². The standard InChI is InChI=1S/C18H15F3N2O3/c1-11(23-10-12-4-2-3-5-15(12)17(23)25)16(24)22-13-6-8-14(9-7-13)26-18(19,20)21/h2-9,11H,10H2,1H3,(H,22,24)/t11-/m1/s1. The van der Waals surface area contributed by atoms with E-state index in [0.717, 1.165) is 17.7 Å². The van der Waals surface area contributed by atoms with Crippen LogP contribution in [0.15, 0.2) is 48.5 Å². The maximum Gasteiger partial charge on any atom is 0.573 e. The molecule has 1 aliphatic rings. The maximum absolute atomic E-state index is 12.4. The molecule has 2 aromatic rings. The molecule has 0 aliphatic carbocycles. The van der Waals surface area contributed by atoms with Crippen LogP contribution in [0.2, 0.25) is 0 Å². The molecule has 2 aromatic carbocycles. The summed E-state index contributed by atoms with van der Waals surface area (Å²) in [6.45, 7) is 1.93. The number of fused-ring (bicyclic) bond motifs is 1. The van der Waals surface area contributed by atoms with Crippen molar-refractivity contribution in [3.05, 3.63) is 59.7 Å². The molecule has 8 heteroatoms. The van der Waals surface area contributed by atoms with Gasteiger partial charge in [-0.25, -0.2) is 0 Å². The van der Waals surface area contributed by atoms with E-state index in [1.54, 1.807) is 19.1 Å². The third-order valence-corrected chi connectivity index (χ3v) is 4.05. The smallest absolute Gasteiger partial charge is 0.406 e. The van der Waals surface area contributed by atoms with Crippen LogP contribution in [0.4, 0.5) is 18.9 Å². The second-order valence-electron chi connectivity index (χ2n) is 5.83. The van der Waals surface area contributed by atoms with Gasteiger partial charge >= 0.3 is 6.36 Å². The van der Waals surface area contributed by atoms with Crippen molar-refractivity contribution < 1.29 is 27.5 Å². The Bertz CT molecular complexity index is 834. The minimum Gasteiger partial charge on any atom is -0.406 e. The van der Waals surface area contributed by atoms with Gasteiger partial charge in [-0.1, -0.05) is 18.2 Å². The molecule has 0 spiro atoms. The summed E-state index contributed by atoms with van der Waals surface area (Å²) in [7, 11) is 0. The first-order valence-electron chi connectivity index (χ1n) is 7.80. The van der Waals surface area contributed by atoms with E-state index in [1.165, 1.54) is 17.0 Å². The predicted molar refractivity (Wildman–Crippen MR) is 87.5 cm³/mol. The Labute approximate surface area is 147 Å². The maximum atomic E-state index is 12.4. The minimum absolute atomic E-state index is 0.225. The van der Waals surface area contributed by atoms with Gasteiger partial charge in [-0.2, -0.15) is 0 Å². The van der Waals surface area contributed by atoms with Gasteiger partial charge in [0.05, 0.1) is 0 Å². The highest BCUT2D eigenvalue weighted by Gasteiger charge is 2.34. The number of alkyl halides is 3. The van der Waals surface area contributed by atoms with Crippen molar-refractivity contribution in [2.75, 3.05) is 5.32 Å². The van der Waals surface area contributed by atoms with Gasteiger partial charge in [0, 0.05) is 17.8 Å². The van der Waals surface area contributed by atoms with Gasteiger partial charge in [-0.3, -0.25) is 9.59 Å². The first-order valence-corrected chi connectivity index (χ1v) is 7.80. The zero-order chi connectivity index (χ0) is 18.9. The Morgan fingerprint density at radius 2 is 1.81 bits per heavy atom. The summed E-state index contributed by atoms with van der Waals surface area (Å²) >= 11 is 0. The van der Waals surface area contributed by atoms with E-state index >= 15 is 0 Å². The van der Waals surface area contributed by atoms with Crippen LogP contribution in [0.3, 0.4) is 0 Å². The van der Waals surface area contributed by atoms with E-state index < -0.39 is 18.3 Å². The van der Waals surface area contributed by atoms with Crippen LogP contribution in [0.1, 0.15) is 22.8 Å². The van der Waals surface area contributed by atoms with Gasteiger partial charge in [0.15, 0.2) is 0 Å². The molecule has 1 heterocycles. The molecule has 0 fully saturated rings. The van der Waals surface area contributed by atoms with Gasteiger partial charge < -0.3 is 15.0 Å². The summed E-state index contributed by atoms with van der Waals surface area (Å²) in [4.78, 5) is 26.2. The average molecular weight is 364 g/mol. The van der Waals surface area contributed by atoms with Crippen LogP contribution in [0.25, 0.3) is 0 Å². The molecule has 0 unspecified atom stereocenters. The molecule has 2 amide bonds. The normalized spacial score (nSPS) is 14.8. The SMILES string of the molecule is C[C@H](C(=O)Nc1ccc(OC(F)(F)F)cc1)N1Cc2ccccc2C1=O. The molecule has 1 atom stereocenters. The number of hydrogen-bond donors (Lipinski definition) is 1. The second kappa shape index (κ2) is 6.70. The summed E-state index contributed by atoms with van der Waals surface area (Å²) in [6.07, 6.45) is -4.77. The van der Waals surface area contributed by atoms with Crippen LogP contribution in [-0.2, 0) is 11.3 Å². The zero-order valence-corrected chi connectivity index (χ0v) is 13.7. The Hall–Kier alpha value is -3.03. The van der Waals surface area contributed by atoms with Crippen LogP contribution in [0.5, 0.6) is 5.75 Å². The Balaban J connectivity index is 1.64. The number of nitrogens with zero attached hydrogens (tertiary/aromatic N) is 1. The number of carbonyl (C=O) groups is 2. The third kappa shape index (κ3) is 3.79. The van der Waals surface area contributed by atoms with Crippen molar-refractivity contribution >= 4 is 17.5 Å². The lowest BCUT2D eigenvalue weighted by Crippen LogP contribution is -2.42. The highest BCUT2D eigenvalue weighted by atomic mass is 19.4. The number of halogens is 3. The Kier molecular flexibility index (Phi) is 4.58. The molecule has 0 bridgehead atoms. The van der Waals surface area contributed by atoms with Crippen LogP contribution < -0.4 is 10.1 Å². The van der Waals surface area contributed by atoms with E-state index in [2.05, 4.69) is 10.1 Å². The zero-order valence-electron chi connectivity index (χ0n) is 13.7.